The predicted molar refractivity (Wildman–Crippen MR) is 559 cm³/mol. The molecule has 23 aromatic rings. The second-order valence-electron chi connectivity index (χ2n) is 35.5. The van der Waals surface area contributed by atoms with Crippen molar-refractivity contribution in [3.8, 4) is 123 Å². The number of rotatable bonds is 11. The molecular formula is C130H84N4. The maximum Gasteiger partial charge on any atom is 0.0754 e. The second-order valence-corrected chi connectivity index (χ2v) is 35.5. The van der Waals surface area contributed by atoms with Crippen LogP contribution in [-0.2, 0) is 10.8 Å². The van der Waals surface area contributed by atoms with E-state index in [0.717, 1.165) is 45.0 Å². The van der Waals surface area contributed by atoms with Gasteiger partial charge in [-0.1, -0.05) is 431 Å². The summed E-state index contributed by atoms with van der Waals surface area (Å²) in [5, 5.41) is 9.80. The third kappa shape index (κ3) is 12.1. The molecule has 4 heterocycles. The Labute approximate surface area is 779 Å². The molecule has 27 rings (SSSR count). The van der Waals surface area contributed by atoms with Crippen molar-refractivity contribution in [2.45, 2.75) is 10.8 Å². The van der Waals surface area contributed by atoms with Crippen LogP contribution in [0.15, 0.2) is 510 Å². The fourth-order valence-electron chi connectivity index (χ4n) is 23.0. The molecule has 0 saturated carbocycles. The summed E-state index contributed by atoms with van der Waals surface area (Å²) in [6.07, 6.45) is 4.15. The topological polar surface area (TPSA) is 32.3 Å². The number of anilines is 6. The number of aromatic nitrogens is 2. The van der Waals surface area contributed by atoms with Crippen molar-refractivity contribution in [1.82, 2.24) is 9.97 Å². The fraction of sp³-hybridized carbons (Fsp3) is 0.0154. The van der Waals surface area contributed by atoms with Crippen LogP contribution in [0, 0.1) is 0 Å². The van der Waals surface area contributed by atoms with E-state index in [4.69, 9.17) is 9.97 Å². The number of hydrogen-bond acceptors (Lipinski definition) is 4. The average molecular weight is 1700 g/mol. The molecule has 2 aromatic heterocycles. The molecule has 2 aliphatic heterocycles. The van der Waals surface area contributed by atoms with Gasteiger partial charge >= 0.3 is 0 Å². The first kappa shape index (κ1) is 77.7. The molecule has 0 amide bonds. The lowest BCUT2D eigenvalue weighted by Crippen LogP contribution is -2.36. The Kier molecular flexibility index (Phi) is 18.4. The Morgan fingerprint density at radius 1 is 0.149 bits per heavy atom. The van der Waals surface area contributed by atoms with Crippen LogP contribution in [0.3, 0.4) is 0 Å². The molecule has 0 radical (unpaired) electrons. The molecular weight excluding hydrogens is 1620 g/mol. The van der Waals surface area contributed by atoms with E-state index in [1.165, 1.54) is 199 Å². The zero-order valence-electron chi connectivity index (χ0n) is 73.3. The summed E-state index contributed by atoms with van der Waals surface area (Å²) < 4.78 is 0. The van der Waals surface area contributed by atoms with Crippen molar-refractivity contribution in [1.29, 1.82) is 0 Å². The van der Waals surface area contributed by atoms with Gasteiger partial charge in [-0.05, 0) is 243 Å². The molecule has 0 N–H and O–H groups in total. The van der Waals surface area contributed by atoms with Gasteiger partial charge in [0.15, 0.2) is 0 Å². The molecule has 4 aliphatic rings. The molecule has 2 spiro atoms. The van der Waals surface area contributed by atoms with Crippen molar-refractivity contribution in [2.24, 2.45) is 0 Å². The Morgan fingerprint density at radius 3 is 0.821 bits per heavy atom. The molecule has 0 bridgehead atoms. The van der Waals surface area contributed by atoms with Gasteiger partial charge in [0, 0.05) is 46.0 Å². The van der Waals surface area contributed by atoms with E-state index in [1.807, 2.05) is 0 Å². The van der Waals surface area contributed by atoms with Crippen molar-refractivity contribution >= 4 is 77.2 Å². The number of pyridine rings is 2. The normalized spacial score (nSPS) is 13.0. The largest absolute Gasteiger partial charge is 0.310 e. The third-order valence-electron chi connectivity index (χ3n) is 28.7. The van der Waals surface area contributed by atoms with Crippen LogP contribution < -0.4 is 9.80 Å². The van der Waals surface area contributed by atoms with E-state index >= 15 is 0 Å². The lowest BCUT2D eigenvalue weighted by Gasteiger charge is -2.45. The first-order valence-electron chi connectivity index (χ1n) is 46.3. The lowest BCUT2D eigenvalue weighted by atomic mass is 9.64. The van der Waals surface area contributed by atoms with Gasteiger partial charge in [-0.2, -0.15) is 0 Å². The standard InChI is InChI=1S/C68H44N2.C62H40N2/c1-3-17-45(18-4-1)46-33-37-49(38-34-46)66-54-22-7-9-24-56(54)67(57-25-10-8-23-55(57)66)51-40-42-63(69-44-51)48-35-31-47(32-36-48)50-39-41-60-58(43-50)53-21-11-12-26-59(53)68(60)61-27-13-15-29-64(61)70(52-19-5-2-6-20-52)65-30-16-14-28-62(65)68;1-3-18-41(19-4-1)42-34-36-43(37-35-42)59-46-22-7-9-24-48(46)60(49-25-10-8-23-47(49)59)44-38-39-56(63-40-44)51-27-17-31-55-61(51)50-26-11-12-28-52(50)62(55)53-29-13-15-32-57(53)64(45-20-5-2-6-21-45)58-33-16-14-30-54(58)62/h1-44H;1-40H. The first-order valence-corrected chi connectivity index (χ1v) is 46.3. The Bertz CT molecular complexity index is 8360. The second kappa shape index (κ2) is 31.7. The van der Waals surface area contributed by atoms with Crippen molar-refractivity contribution in [2.75, 3.05) is 9.80 Å². The molecule has 4 heteroatoms. The van der Waals surface area contributed by atoms with Gasteiger partial charge in [0.25, 0.3) is 0 Å². The van der Waals surface area contributed by atoms with Gasteiger partial charge in [-0.3, -0.25) is 9.97 Å². The maximum absolute atomic E-state index is 5.37. The fourth-order valence-corrected chi connectivity index (χ4v) is 23.0. The molecule has 0 fully saturated rings. The first-order chi connectivity index (χ1) is 66.5. The van der Waals surface area contributed by atoms with Gasteiger partial charge in [-0.15, -0.1) is 0 Å². The molecule has 21 aromatic carbocycles. The van der Waals surface area contributed by atoms with Crippen LogP contribution in [-0.4, -0.2) is 9.97 Å². The Hall–Kier alpha value is -17.4. The molecule has 134 heavy (non-hydrogen) atoms. The van der Waals surface area contributed by atoms with Crippen molar-refractivity contribution in [3.05, 3.63) is 554 Å². The average Bonchev–Trinajstić information content (AvgIpc) is 1.50. The highest BCUT2D eigenvalue weighted by Crippen LogP contribution is 2.67. The van der Waals surface area contributed by atoms with E-state index in [-0.39, 0.29) is 0 Å². The summed E-state index contributed by atoms with van der Waals surface area (Å²) in [6, 6.07) is 182. The number of benzene rings is 21. The summed E-state index contributed by atoms with van der Waals surface area (Å²) in [4.78, 5) is 15.4. The molecule has 0 unspecified atom stereocenters. The van der Waals surface area contributed by atoms with Gasteiger partial charge in [-0.25, -0.2) is 0 Å². The van der Waals surface area contributed by atoms with E-state index in [1.54, 1.807) is 0 Å². The third-order valence-corrected chi connectivity index (χ3v) is 28.7. The summed E-state index contributed by atoms with van der Waals surface area (Å²) in [6.45, 7) is 0. The highest BCUT2D eigenvalue weighted by atomic mass is 15.2. The number of hydrogen-bond donors (Lipinski definition) is 0. The van der Waals surface area contributed by atoms with Crippen molar-refractivity contribution < 1.29 is 0 Å². The summed E-state index contributed by atoms with van der Waals surface area (Å²) in [5.74, 6) is 0. The molecule has 4 nitrogen and oxygen atoms in total. The SMILES string of the molecule is c1ccc(-c2ccc(-c3c4ccccc4c(-c4ccc(-c5ccc(-c6ccc7c(c6)-c6ccccc6C76c7ccccc7N(c7ccccc7)c7ccccc76)cc5)nc4)c4ccccc34)cc2)cc1.c1ccc(-c2ccc(-c3c4ccccc4c(-c4ccc(-c5cccc6c5-c5ccccc5C65c6ccccc6N(c6ccccc6)c6ccccc65)nc4)c4ccccc34)cc2)cc1. The van der Waals surface area contributed by atoms with Gasteiger partial charge < -0.3 is 9.80 Å². The maximum atomic E-state index is 5.37. The summed E-state index contributed by atoms with van der Waals surface area (Å²) in [5.41, 5.74) is 42.4. The van der Waals surface area contributed by atoms with Gasteiger partial charge in [0.2, 0.25) is 0 Å². The molecule has 2 aliphatic carbocycles. The zero-order valence-corrected chi connectivity index (χ0v) is 73.3. The van der Waals surface area contributed by atoms with E-state index < -0.39 is 10.8 Å². The van der Waals surface area contributed by atoms with Crippen LogP contribution in [0.25, 0.3) is 166 Å². The monoisotopic (exact) mass is 1700 g/mol. The van der Waals surface area contributed by atoms with E-state index in [9.17, 15) is 0 Å². The van der Waals surface area contributed by atoms with Crippen LogP contribution in [0.5, 0.6) is 0 Å². The Morgan fingerprint density at radius 2 is 0.418 bits per heavy atom. The summed E-state index contributed by atoms with van der Waals surface area (Å²) in [7, 11) is 0. The van der Waals surface area contributed by atoms with Crippen LogP contribution in [0.4, 0.5) is 34.1 Å². The highest BCUT2D eigenvalue weighted by Gasteiger charge is 2.54. The van der Waals surface area contributed by atoms with E-state index in [2.05, 4.69) is 520 Å². The van der Waals surface area contributed by atoms with Crippen LogP contribution >= 0.6 is 0 Å². The number of fused-ring (bicyclic) bond motifs is 22. The number of para-hydroxylation sites is 6. The quantitative estimate of drug-likeness (QED) is 0.121. The zero-order chi connectivity index (χ0) is 88.4. The lowest BCUT2D eigenvalue weighted by molar-refractivity contribution is 0.753. The summed E-state index contributed by atoms with van der Waals surface area (Å²) >= 11 is 0. The van der Waals surface area contributed by atoms with Gasteiger partial charge in [0.1, 0.15) is 0 Å². The minimum Gasteiger partial charge on any atom is -0.310 e. The molecule has 0 saturated heterocycles. The van der Waals surface area contributed by atoms with Crippen LogP contribution in [0.2, 0.25) is 0 Å². The van der Waals surface area contributed by atoms with E-state index in [0.29, 0.717) is 0 Å². The molecule has 0 atom stereocenters. The predicted octanol–water partition coefficient (Wildman–Crippen LogP) is 34.1. The van der Waals surface area contributed by atoms with Crippen molar-refractivity contribution in [3.63, 3.8) is 0 Å². The minimum absolute atomic E-state index is 0.472. The Balaban J connectivity index is 0.000000140. The minimum atomic E-state index is -0.526. The van der Waals surface area contributed by atoms with Crippen LogP contribution in [0.1, 0.15) is 44.5 Å². The highest BCUT2D eigenvalue weighted by molar-refractivity contribution is 6.23. The number of nitrogens with zero attached hydrogens (tertiary/aromatic N) is 4. The van der Waals surface area contributed by atoms with Gasteiger partial charge in [0.05, 0.1) is 45.0 Å². The smallest absolute Gasteiger partial charge is 0.0754 e. The molecule has 624 valence electrons.